The maximum Gasteiger partial charge on any atom is 0.406 e. The van der Waals surface area contributed by atoms with Crippen molar-refractivity contribution in [3.63, 3.8) is 0 Å². The Morgan fingerprint density at radius 3 is 2.52 bits per heavy atom. The highest BCUT2D eigenvalue weighted by atomic mass is 32.1. The monoisotopic (exact) mass is 447 g/mol. The van der Waals surface area contributed by atoms with E-state index in [-0.39, 0.29) is 17.2 Å². The largest absolute Gasteiger partial charge is 0.459 e. The zero-order valence-electron chi connectivity index (χ0n) is 16.2. The fourth-order valence-corrected chi connectivity index (χ4v) is 3.84. The van der Waals surface area contributed by atoms with Crippen LogP contribution in [-0.2, 0) is 6.54 Å². The third-order valence-electron chi connectivity index (χ3n) is 4.21. The van der Waals surface area contributed by atoms with Crippen LogP contribution < -0.4 is 5.32 Å². The molecule has 0 bridgehead atoms. The summed E-state index contributed by atoms with van der Waals surface area (Å²) in [7, 11) is 0. The second-order valence-electron chi connectivity index (χ2n) is 6.64. The minimum Gasteiger partial charge on any atom is -0.459 e. The fraction of sp³-hybridized carbons (Fsp3) is 0.190. The number of alkyl halides is 3. The summed E-state index contributed by atoms with van der Waals surface area (Å²) in [5.74, 6) is -1.27. The Bertz CT molecular complexity index is 1110. The third-order valence-corrected chi connectivity index (χ3v) is 5.35. The maximum atomic E-state index is 13.1. The molecule has 0 atom stereocenters. The number of amides is 2. The molecule has 0 saturated carbocycles. The number of nitrogens with zero attached hydrogens (tertiary/aromatic N) is 2. The van der Waals surface area contributed by atoms with Crippen LogP contribution in [0.5, 0.6) is 0 Å². The Kier molecular flexibility index (Phi) is 6.46. The number of nitriles is 1. The minimum absolute atomic E-state index is 0.0680. The Morgan fingerprint density at radius 1 is 1.23 bits per heavy atom. The van der Waals surface area contributed by atoms with E-state index in [0.29, 0.717) is 26.6 Å². The number of rotatable bonds is 6. The lowest BCUT2D eigenvalue weighted by atomic mass is 10.1. The predicted octanol–water partition coefficient (Wildman–Crippen LogP) is 4.98. The van der Waals surface area contributed by atoms with Gasteiger partial charge in [0.15, 0.2) is 5.76 Å². The normalized spacial score (nSPS) is 11.1. The van der Waals surface area contributed by atoms with Gasteiger partial charge in [-0.15, -0.1) is 11.3 Å². The van der Waals surface area contributed by atoms with E-state index < -0.39 is 24.5 Å². The van der Waals surface area contributed by atoms with Crippen LogP contribution >= 0.6 is 11.3 Å². The van der Waals surface area contributed by atoms with Crippen molar-refractivity contribution in [3.05, 3.63) is 76.1 Å². The average molecular weight is 447 g/mol. The molecule has 0 aliphatic rings. The summed E-state index contributed by atoms with van der Waals surface area (Å²) in [6.07, 6.45) is -3.26. The number of benzene rings is 1. The van der Waals surface area contributed by atoms with Gasteiger partial charge in [-0.2, -0.15) is 18.4 Å². The summed E-state index contributed by atoms with van der Waals surface area (Å²) in [5.41, 5.74) is 1.26. The van der Waals surface area contributed by atoms with E-state index >= 15 is 0 Å². The summed E-state index contributed by atoms with van der Waals surface area (Å²) < 4.78 is 44.4. The van der Waals surface area contributed by atoms with Crippen molar-refractivity contribution in [2.24, 2.45) is 0 Å². The summed E-state index contributed by atoms with van der Waals surface area (Å²) in [6.45, 7) is -0.132. The Hall–Kier alpha value is -3.58. The molecule has 0 fully saturated rings. The van der Waals surface area contributed by atoms with Gasteiger partial charge in [-0.05, 0) is 48.4 Å². The number of hydrogen-bond donors (Lipinski definition) is 1. The maximum absolute atomic E-state index is 13.1. The van der Waals surface area contributed by atoms with Crippen LogP contribution in [0.25, 0.3) is 0 Å². The lowest BCUT2D eigenvalue weighted by Crippen LogP contribution is -2.38. The highest BCUT2D eigenvalue weighted by Crippen LogP contribution is 2.30. The van der Waals surface area contributed by atoms with Crippen LogP contribution in [-0.4, -0.2) is 29.4 Å². The highest BCUT2D eigenvalue weighted by molar-refractivity contribution is 7.18. The molecule has 1 N–H and O–H groups in total. The second kappa shape index (κ2) is 9.06. The molecule has 2 amide bonds. The fourth-order valence-electron chi connectivity index (χ4n) is 2.80. The van der Waals surface area contributed by atoms with Crippen LogP contribution in [0.2, 0.25) is 0 Å². The number of aryl methyl sites for hydroxylation is 1. The zero-order chi connectivity index (χ0) is 22.6. The number of hydrogen-bond acceptors (Lipinski definition) is 5. The van der Waals surface area contributed by atoms with Gasteiger partial charge < -0.3 is 14.6 Å². The lowest BCUT2D eigenvalue weighted by Gasteiger charge is -2.24. The molecular formula is C21H16F3N3O3S. The van der Waals surface area contributed by atoms with Gasteiger partial charge in [-0.3, -0.25) is 9.59 Å². The molecule has 0 unspecified atom stereocenters. The number of carbonyl (C=O) groups is 2. The Morgan fingerprint density at radius 2 is 1.94 bits per heavy atom. The van der Waals surface area contributed by atoms with E-state index in [2.05, 4.69) is 5.32 Å². The summed E-state index contributed by atoms with van der Waals surface area (Å²) in [4.78, 5) is 25.9. The van der Waals surface area contributed by atoms with Crippen LogP contribution in [0.15, 0.2) is 53.1 Å². The molecule has 160 valence electrons. The smallest absolute Gasteiger partial charge is 0.406 e. The molecule has 2 heterocycles. The van der Waals surface area contributed by atoms with Crippen LogP contribution in [0.4, 0.5) is 18.2 Å². The van der Waals surface area contributed by atoms with Crippen LogP contribution in [0.3, 0.4) is 0 Å². The lowest BCUT2D eigenvalue weighted by molar-refractivity contribution is -0.141. The molecule has 31 heavy (non-hydrogen) atoms. The minimum atomic E-state index is -4.59. The number of nitrogens with one attached hydrogen (secondary N) is 1. The molecule has 0 aliphatic heterocycles. The van der Waals surface area contributed by atoms with E-state index in [4.69, 9.17) is 9.68 Å². The van der Waals surface area contributed by atoms with E-state index in [0.717, 1.165) is 11.3 Å². The molecule has 3 aromatic rings. The van der Waals surface area contributed by atoms with E-state index in [1.807, 2.05) is 6.07 Å². The Labute approximate surface area is 179 Å². The molecule has 3 rings (SSSR count). The molecule has 1 aromatic carbocycles. The van der Waals surface area contributed by atoms with Gasteiger partial charge in [0, 0.05) is 6.54 Å². The van der Waals surface area contributed by atoms with Crippen molar-refractivity contribution in [1.29, 1.82) is 5.26 Å². The molecular weight excluding hydrogens is 431 g/mol. The average Bonchev–Trinajstić information content (AvgIpc) is 3.36. The van der Waals surface area contributed by atoms with Crippen molar-refractivity contribution in [2.45, 2.75) is 19.6 Å². The van der Waals surface area contributed by atoms with E-state index in [1.165, 1.54) is 42.7 Å². The first-order valence-electron chi connectivity index (χ1n) is 8.96. The predicted molar refractivity (Wildman–Crippen MR) is 108 cm³/mol. The van der Waals surface area contributed by atoms with Crippen molar-refractivity contribution < 1.29 is 27.2 Å². The van der Waals surface area contributed by atoms with Crippen molar-refractivity contribution in [2.75, 3.05) is 11.9 Å². The van der Waals surface area contributed by atoms with Gasteiger partial charge in [-0.1, -0.05) is 12.1 Å². The topological polar surface area (TPSA) is 86.3 Å². The summed E-state index contributed by atoms with van der Waals surface area (Å²) >= 11 is 0.889. The molecule has 6 nitrogen and oxygen atoms in total. The number of furan rings is 1. The van der Waals surface area contributed by atoms with Crippen molar-refractivity contribution >= 4 is 28.2 Å². The van der Waals surface area contributed by atoms with Gasteiger partial charge in [0.25, 0.3) is 11.8 Å². The van der Waals surface area contributed by atoms with Crippen LogP contribution in [0.1, 0.15) is 36.9 Å². The zero-order valence-corrected chi connectivity index (χ0v) is 17.0. The van der Waals surface area contributed by atoms with Gasteiger partial charge in [0.2, 0.25) is 0 Å². The molecule has 0 radical (unpaired) electrons. The molecule has 2 aromatic heterocycles. The van der Waals surface area contributed by atoms with Gasteiger partial charge >= 0.3 is 6.18 Å². The number of anilines is 1. The van der Waals surface area contributed by atoms with Gasteiger partial charge in [0.05, 0.1) is 27.8 Å². The number of thiophene rings is 1. The standard InChI is InChI=1S/C21H16F3N3O3S/c1-13-9-17(26-19(28)16-3-2-8-30-16)31-18(13)20(29)27(12-21(22,23)24)11-15-6-4-14(10-25)5-7-15/h2-9H,11-12H2,1H3,(H,26,28). The first-order valence-corrected chi connectivity index (χ1v) is 9.78. The second-order valence-corrected chi connectivity index (χ2v) is 7.69. The molecule has 10 heteroatoms. The van der Waals surface area contributed by atoms with Crippen molar-refractivity contribution in [1.82, 2.24) is 4.90 Å². The van der Waals surface area contributed by atoms with Crippen molar-refractivity contribution in [3.8, 4) is 6.07 Å². The number of carbonyl (C=O) groups excluding carboxylic acids is 2. The first kappa shape index (κ1) is 22.1. The first-order chi connectivity index (χ1) is 14.7. The number of halogens is 3. The molecule has 0 spiro atoms. The SMILES string of the molecule is Cc1cc(NC(=O)c2ccco2)sc1C(=O)N(Cc1ccc(C#N)cc1)CC(F)(F)F. The third kappa shape index (κ3) is 5.73. The van der Waals surface area contributed by atoms with E-state index in [9.17, 15) is 22.8 Å². The Balaban J connectivity index is 1.82. The quantitative estimate of drug-likeness (QED) is 0.578. The molecule has 0 aliphatic carbocycles. The van der Waals surface area contributed by atoms with Gasteiger partial charge in [-0.25, -0.2) is 0 Å². The highest BCUT2D eigenvalue weighted by Gasteiger charge is 2.34. The summed E-state index contributed by atoms with van der Waals surface area (Å²) in [6, 6.07) is 12.4. The summed E-state index contributed by atoms with van der Waals surface area (Å²) in [5, 5.41) is 11.7. The molecule has 0 saturated heterocycles. The van der Waals surface area contributed by atoms with Gasteiger partial charge in [0.1, 0.15) is 6.54 Å². The van der Waals surface area contributed by atoms with E-state index in [1.54, 1.807) is 13.0 Å². The van der Waals surface area contributed by atoms with Crippen LogP contribution in [0, 0.1) is 18.3 Å².